The number of dihydropyridines is 1. The van der Waals surface area contributed by atoms with Crippen LogP contribution in [0.2, 0.25) is 0 Å². The Morgan fingerprint density at radius 3 is 1.94 bits per heavy atom. The number of fused-ring (bicyclic) bond motifs is 10. The fourth-order valence-corrected chi connectivity index (χ4v) is 9.95. The fourth-order valence-electron chi connectivity index (χ4n) is 9.95. The summed E-state index contributed by atoms with van der Waals surface area (Å²) in [6, 6.07) is 53.0. The number of pyridine rings is 2. The second-order valence-electron chi connectivity index (χ2n) is 16.7. The van der Waals surface area contributed by atoms with Crippen LogP contribution in [0.5, 0.6) is 0 Å². The van der Waals surface area contributed by atoms with Gasteiger partial charge in [0, 0.05) is 79.9 Å². The summed E-state index contributed by atoms with van der Waals surface area (Å²) < 4.78 is 4.93. The molecule has 6 nitrogen and oxygen atoms in total. The first kappa shape index (κ1) is 39.6. The van der Waals surface area contributed by atoms with E-state index in [-0.39, 0.29) is 0 Å². The van der Waals surface area contributed by atoms with Crippen molar-refractivity contribution in [3.05, 3.63) is 217 Å². The maximum absolute atomic E-state index is 6.66. The Morgan fingerprint density at radius 2 is 1.26 bits per heavy atom. The quantitative estimate of drug-likeness (QED) is 0.164. The van der Waals surface area contributed by atoms with Gasteiger partial charge in [0.15, 0.2) is 0 Å². The minimum Gasteiger partial charge on any atom is -0.399 e. The number of hydrogen-bond acceptors (Lipinski definition) is 4. The molecule has 5 heterocycles. The minimum absolute atomic E-state index is 0.733. The summed E-state index contributed by atoms with van der Waals surface area (Å²) >= 11 is 0. The smallest absolute Gasteiger partial charge is 0.0702 e. The number of hydrogen-bond donors (Lipinski definition) is 2. The zero-order valence-corrected chi connectivity index (χ0v) is 36.6. The second kappa shape index (κ2) is 16.5. The Hall–Kier alpha value is -8.22. The molecule has 0 atom stereocenters. The Labute approximate surface area is 379 Å². The lowest BCUT2D eigenvalue weighted by molar-refractivity contribution is 0.944. The van der Waals surface area contributed by atoms with E-state index in [9.17, 15) is 0 Å². The van der Waals surface area contributed by atoms with Crippen LogP contribution in [0.25, 0.3) is 100 Å². The molecule has 0 fully saturated rings. The van der Waals surface area contributed by atoms with E-state index >= 15 is 0 Å². The third-order valence-electron chi connectivity index (χ3n) is 12.8. The summed E-state index contributed by atoms with van der Waals surface area (Å²) in [5, 5.41) is 8.61. The summed E-state index contributed by atoms with van der Waals surface area (Å²) in [4.78, 5) is 9.55. The van der Waals surface area contributed by atoms with Gasteiger partial charge in [-0.1, -0.05) is 85.0 Å². The normalized spacial score (nSPS) is 13.3. The van der Waals surface area contributed by atoms with Crippen molar-refractivity contribution in [1.29, 1.82) is 0 Å². The summed E-state index contributed by atoms with van der Waals surface area (Å²) in [7, 11) is 0. The lowest BCUT2D eigenvalue weighted by atomic mass is 9.83. The predicted octanol–water partition coefficient (Wildman–Crippen LogP) is 13.8. The molecule has 0 bridgehead atoms. The molecule has 0 radical (unpaired) electrons. The van der Waals surface area contributed by atoms with Gasteiger partial charge < -0.3 is 20.2 Å². The molecule has 6 heteroatoms. The molecule has 2 aliphatic rings. The van der Waals surface area contributed by atoms with E-state index in [1.54, 1.807) is 6.08 Å². The molecule has 314 valence electrons. The molecule has 12 rings (SSSR count). The number of nitrogens with zero attached hydrogens (tertiary/aromatic N) is 4. The molecule has 0 unspecified atom stereocenters. The van der Waals surface area contributed by atoms with Gasteiger partial charge >= 0.3 is 0 Å². The maximum atomic E-state index is 6.66. The van der Waals surface area contributed by atoms with Crippen LogP contribution < -0.4 is 11.1 Å². The van der Waals surface area contributed by atoms with Crippen LogP contribution in [0.4, 0.5) is 0 Å². The minimum atomic E-state index is 0.733. The van der Waals surface area contributed by atoms with Gasteiger partial charge in [0.25, 0.3) is 0 Å². The summed E-state index contributed by atoms with van der Waals surface area (Å²) in [6.07, 6.45) is 15.8. The average Bonchev–Trinajstić information content (AvgIpc) is 3.89. The molecular formula is C59H48N6. The van der Waals surface area contributed by atoms with Crippen molar-refractivity contribution < 1.29 is 0 Å². The van der Waals surface area contributed by atoms with Gasteiger partial charge in [-0.05, 0) is 146 Å². The van der Waals surface area contributed by atoms with Crippen molar-refractivity contribution in [1.82, 2.24) is 24.4 Å². The topological polar surface area (TPSA) is 73.7 Å². The number of allylic oxidation sites excluding steroid dienone is 4. The Kier molecular flexibility index (Phi) is 10.0. The summed E-state index contributed by atoms with van der Waals surface area (Å²) in [5.74, 6) is 0. The molecular weight excluding hydrogens is 793 g/mol. The van der Waals surface area contributed by atoms with Crippen LogP contribution in [-0.2, 0) is 12.8 Å². The number of benzene rings is 6. The van der Waals surface area contributed by atoms with E-state index in [2.05, 4.69) is 167 Å². The number of aryl methyl sites for hydroxylation is 2. The molecule has 10 aromatic rings. The van der Waals surface area contributed by atoms with Crippen LogP contribution in [0.3, 0.4) is 0 Å². The van der Waals surface area contributed by atoms with E-state index < -0.39 is 0 Å². The lowest BCUT2D eigenvalue weighted by Gasteiger charge is -2.23. The second-order valence-corrected chi connectivity index (χ2v) is 16.7. The zero-order valence-electron chi connectivity index (χ0n) is 36.6. The number of para-hydroxylation sites is 2. The van der Waals surface area contributed by atoms with Crippen molar-refractivity contribution in [2.75, 3.05) is 6.54 Å². The summed E-state index contributed by atoms with van der Waals surface area (Å²) in [6.45, 7) is 8.03. The lowest BCUT2D eigenvalue weighted by Crippen LogP contribution is -2.14. The molecule has 65 heavy (non-hydrogen) atoms. The number of aromatic nitrogens is 4. The average molecular weight is 841 g/mol. The molecule has 3 N–H and O–H groups in total. The van der Waals surface area contributed by atoms with Gasteiger partial charge in [0.05, 0.1) is 33.5 Å². The van der Waals surface area contributed by atoms with Gasteiger partial charge in [0.2, 0.25) is 0 Å². The first-order chi connectivity index (χ1) is 32.0. The van der Waals surface area contributed by atoms with Crippen molar-refractivity contribution in [2.45, 2.75) is 26.7 Å². The van der Waals surface area contributed by atoms with E-state index in [0.717, 1.165) is 86.8 Å². The number of nitrogens with two attached hydrogens (primary N) is 1. The van der Waals surface area contributed by atoms with Crippen molar-refractivity contribution in [2.24, 2.45) is 5.73 Å². The summed E-state index contributed by atoms with van der Waals surface area (Å²) in [5.41, 5.74) is 26.8. The fraction of sp³-hybridized carbons (Fsp3) is 0.0847. The Bertz CT molecular complexity index is 3580. The number of rotatable bonds is 6. The first-order valence-corrected chi connectivity index (χ1v) is 22.4. The molecule has 1 aliphatic heterocycles. The van der Waals surface area contributed by atoms with Crippen LogP contribution in [0, 0.1) is 0 Å². The monoisotopic (exact) mass is 840 g/mol. The molecule has 1 aliphatic carbocycles. The van der Waals surface area contributed by atoms with Gasteiger partial charge in [-0.25, -0.2) is 0 Å². The number of nitrogens with one attached hydrogen (secondary N) is 1. The molecule has 6 aromatic carbocycles. The highest BCUT2D eigenvalue weighted by atomic mass is 15.0. The van der Waals surface area contributed by atoms with Gasteiger partial charge in [0.1, 0.15) is 0 Å². The standard InChI is InChI=1S/C56H42N6.C3H6/c1-2-49(57)36-27-37(50-15-7-10-24-58-50)30-40(29-36)61-53-18-5-4-14-44(53)48-33-35-20-21-45-42(47(35)34-55(48)61)22-23-46-43-13-3-6-19-54(43)62(56(45)46)41-31-38(51-16-8-11-25-59-51)28-39(32-41)52-17-9-12-26-60-52;1-3-2/h2-19,22-25,27-34,60H,20-21,26,57H2,1H3;3H,1H2,2H3/b49-2-;. The van der Waals surface area contributed by atoms with Crippen LogP contribution in [0.1, 0.15) is 36.1 Å². The van der Waals surface area contributed by atoms with E-state index in [0.29, 0.717) is 0 Å². The van der Waals surface area contributed by atoms with Gasteiger partial charge in [-0.15, -0.1) is 6.58 Å². The Balaban J connectivity index is 0.00000152. The van der Waals surface area contributed by atoms with E-state index in [1.165, 1.54) is 54.8 Å². The van der Waals surface area contributed by atoms with E-state index in [4.69, 9.17) is 15.7 Å². The molecule has 0 amide bonds. The largest absolute Gasteiger partial charge is 0.399 e. The first-order valence-electron chi connectivity index (χ1n) is 22.4. The maximum Gasteiger partial charge on any atom is 0.0702 e. The van der Waals surface area contributed by atoms with Gasteiger partial charge in [-0.2, -0.15) is 0 Å². The van der Waals surface area contributed by atoms with Crippen LogP contribution in [0.15, 0.2) is 195 Å². The van der Waals surface area contributed by atoms with Crippen LogP contribution >= 0.6 is 0 Å². The van der Waals surface area contributed by atoms with Crippen LogP contribution in [-0.4, -0.2) is 25.6 Å². The highest BCUT2D eigenvalue weighted by Gasteiger charge is 2.26. The molecule has 0 spiro atoms. The third-order valence-corrected chi connectivity index (χ3v) is 12.8. The highest BCUT2D eigenvalue weighted by Crippen LogP contribution is 2.45. The van der Waals surface area contributed by atoms with E-state index in [1.807, 2.05) is 50.5 Å². The third kappa shape index (κ3) is 6.82. The van der Waals surface area contributed by atoms with Crippen molar-refractivity contribution in [3.63, 3.8) is 0 Å². The van der Waals surface area contributed by atoms with Crippen molar-refractivity contribution in [3.8, 4) is 45.0 Å². The zero-order chi connectivity index (χ0) is 44.0. The highest BCUT2D eigenvalue weighted by molar-refractivity contribution is 6.14. The molecule has 4 aromatic heterocycles. The SMILES string of the molecule is C/C=C(\N)c1cc(-c2ccccn2)cc(-n2c3ccccc3c3cc4c(cc32)-c2ccc3c5ccccc5n(-c5cc(C6=CC=CCN6)cc(-c6ccccn6)c5)c3c2CC4)c1.C=CC. The Morgan fingerprint density at radius 1 is 0.615 bits per heavy atom. The van der Waals surface area contributed by atoms with Crippen molar-refractivity contribution >= 4 is 55.0 Å². The molecule has 0 saturated carbocycles. The molecule has 0 saturated heterocycles. The van der Waals surface area contributed by atoms with Gasteiger partial charge in [-0.3, -0.25) is 9.97 Å². The predicted molar refractivity (Wildman–Crippen MR) is 273 cm³/mol.